The molecular weight excluding hydrogens is 250 g/mol. The summed E-state index contributed by atoms with van der Waals surface area (Å²) in [6.45, 7) is 0.361. The summed E-state index contributed by atoms with van der Waals surface area (Å²) in [5.74, 6) is -0.114. The number of amides is 1. The molecule has 102 valence electrons. The lowest BCUT2D eigenvalue weighted by Crippen LogP contribution is -2.82. The van der Waals surface area contributed by atoms with Gasteiger partial charge in [0.05, 0.1) is 12.8 Å². The number of carbonyl (C=O) groups excluding carboxylic acids is 1. The highest BCUT2D eigenvalue weighted by molar-refractivity contribution is 6.13. The fraction of sp³-hybridized carbons (Fsp3) is 0.125. The summed E-state index contributed by atoms with van der Waals surface area (Å²) in [5, 5.41) is 6.08. The van der Waals surface area contributed by atoms with Gasteiger partial charge in [-0.3, -0.25) is 4.79 Å². The average Bonchev–Trinajstić information content (AvgIpc) is 2.50. The van der Waals surface area contributed by atoms with Gasteiger partial charge in [-0.05, 0) is 0 Å². The fourth-order valence-corrected chi connectivity index (χ4v) is 1.84. The Morgan fingerprint density at radius 1 is 1.00 bits per heavy atom. The van der Waals surface area contributed by atoms with E-state index in [0.717, 1.165) is 16.8 Å². The number of hydrogen-bond acceptors (Lipinski definition) is 2. The van der Waals surface area contributed by atoms with Crippen molar-refractivity contribution in [3.05, 3.63) is 71.8 Å². The Labute approximate surface area is 118 Å². The van der Waals surface area contributed by atoms with Crippen molar-refractivity contribution >= 4 is 11.6 Å². The molecular formula is C16H18N3O+. The molecule has 0 aliphatic heterocycles. The number of nitrogens with zero attached hydrogens (tertiary/aromatic N) is 1. The van der Waals surface area contributed by atoms with Gasteiger partial charge in [-0.1, -0.05) is 60.7 Å². The average molecular weight is 268 g/mol. The van der Waals surface area contributed by atoms with Gasteiger partial charge in [0, 0.05) is 11.1 Å². The third kappa shape index (κ3) is 3.76. The van der Waals surface area contributed by atoms with Crippen LogP contribution in [0.4, 0.5) is 0 Å². The van der Waals surface area contributed by atoms with Crippen LogP contribution in [0.5, 0.6) is 0 Å². The first-order valence-electron chi connectivity index (χ1n) is 6.56. The number of benzene rings is 2. The highest BCUT2D eigenvalue weighted by Crippen LogP contribution is 2.10. The molecule has 0 saturated heterocycles. The molecule has 4 nitrogen and oxygen atoms in total. The minimum Gasteiger partial charge on any atom is -0.341 e. The summed E-state index contributed by atoms with van der Waals surface area (Å²) in [7, 11) is 1.85. The zero-order chi connectivity index (χ0) is 14.2. The molecule has 0 atom stereocenters. The van der Waals surface area contributed by atoms with E-state index in [-0.39, 0.29) is 5.91 Å². The van der Waals surface area contributed by atoms with Crippen LogP contribution in [0.25, 0.3) is 0 Å². The monoisotopic (exact) mass is 268 g/mol. The Kier molecular flexibility index (Phi) is 5.03. The van der Waals surface area contributed by atoms with Crippen LogP contribution in [0, 0.1) is 0 Å². The minimum atomic E-state index is -0.114. The Hall–Kier alpha value is -2.46. The summed E-state index contributed by atoms with van der Waals surface area (Å²) in [6, 6.07) is 19.6. The highest BCUT2D eigenvalue weighted by atomic mass is 16.2. The van der Waals surface area contributed by atoms with Crippen LogP contribution in [0.1, 0.15) is 11.1 Å². The van der Waals surface area contributed by atoms with E-state index >= 15 is 0 Å². The second kappa shape index (κ2) is 7.21. The molecule has 0 unspecified atom stereocenters. The van der Waals surface area contributed by atoms with Crippen LogP contribution in [0.3, 0.4) is 0 Å². The van der Waals surface area contributed by atoms with E-state index < -0.39 is 0 Å². The van der Waals surface area contributed by atoms with Crippen molar-refractivity contribution in [2.24, 2.45) is 5.10 Å². The minimum absolute atomic E-state index is 0.114. The zero-order valence-electron chi connectivity index (χ0n) is 11.4. The van der Waals surface area contributed by atoms with Crippen LogP contribution in [-0.2, 0) is 4.79 Å². The molecule has 2 aromatic rings. The lowest BCUT2D eigenvalue weighted by Gasteiger charge is -2.07. The van der Waals surface area contributed by atoms with Gasteiger partial charge < -0.3 is 5.32 Å². The van der Waals surface area contributed by atoms with E-state index in [0.29, 0.717) is 6.54 Å². The molecule has 4 heteroatoms. The summed E-state index contributed by atoms with van der Waals surface area (Å²) in [5.41, 5.74) is 5.30. The predicted molar refractivity (Wildman–Crippen MR) is 79.4 cm³/mol. The maximum atomic E-state index is 11.6. The molecule has 2 aromatic carbocycles. The van der Waals surface area contributed by atoms with E-state index in [4.69, 9.17) is 0 Å². The molecule has 0 radical (unpaired) electrons. The van der Waals surface area contributed by atoms with E-state index in [2.05, 4.69) is 10.5 Å². The predicted octanol–water partition coefficient (Wildman–Crippen LogP) is 0.748. The van der Waals surface area contributed by atoms with Gasteiger partial charge in [0.1, 0.15) is 0 Å². The molecule has 0 aromatic heterocycles. The number of hydrazone groups is 1. The molecule has 0 aliphatic carbocycles. The second-order valence-corrected chi connectivity index (χ2v) is 4.34. The van der Waals surface area contributed by atoms with Gasteiger partial charge in [0.2, 0.25) is 0 Å². The largest absolute Gasteiger partial charge is 0.341 e. The molecule has 0 bridgehead atoms. The number of carbonyl (C=O) groups is 1. The molecule has 0 heterocycles. The maximum absolute atomic E-state index is 11.6. The summed E-state index contributed by atoms with van der Waals surface area (Å²) in [4.78, 5) is 11.6. The van der Waals surface area contributed by atoms with Crippen molar-refractivity contribution in [1.29, 1.82) is 0 Å². The van der Waals surface area contributed by atoms with Crippen LogP contribution in [0.15, 0.2) is 65.8 Å². The van der Waals surface area contributed by atoms with Crippen molar-refractivity contribution in [3.8, 4) is 0 Å². The van der Waals surface area contributed by atoms with Gasteiger partial charge in [0.15, 0.2) is 6.54 Å². The molecule has 0 aliphatic rings. The quantitative estimate of drug-likeness (QED) is 0.610. The SMILES string of the molecule is C[NH2+]CC(=O)NN=C(c1ccccc1)c1ccccc1. The Bertz CT molecular complexity index is 538. The van der Waals surface area contributed by atoms with E-state index in [1.165, 1.54) is 0 Å². The van der Waals surface area contributed by atoms with Crippen molar-refractivity contribution in [3.63, 3.8) is 0 Å². The van der Waals surface area contributed by atoms with Gasteiger partial charge >= 0.3 is 0 Å². The fourth-order valence-electron chi connectivity index (χ4n) is 1.84. The lowest BCUT2D eigenvalue weighted by atomic mass is 10.0. The number of nitrogens with one attached hydrogen (secondary N) is 1. The number of likely N-dealkylation sites (N-methyl/N-ethyl adjacent to an activating group) is 1. The smallest absolute Gasteiger partial charge is 0.295 e. The number of nitrogens with two attached hydrogens (primary N) is 1. The van der Waals surface area contributed by atoms with Crippen LogP contribution in [-0.4, -0.2) is 25.2 Å². The third-order valence-corrected chi connectivity index (χ3v) is 2.78. The molecule has 0 saturated carbocycles. The number of hydrogen-bond donors (Lipinski definition) is 2. The Balaban J connectivity index is 2.30. The van der Waals surface area contributed by atoms with Crippen molar-refractivity contribution in [2.75, 3.05) is 13.6 Å². The van der Waals surface area contributed by atoms with E-state index in [1.54, 1.807) is 5.32 Å². The zero-order valence-corrected chi connectivity index (χ0v) is 11.4. The maximum Gasteiger partial charge on any atom is 0.295 e. The van der Waals surface area contributed by atoms with Crippen molar-refractivity contribution in [1.82, 2.24) is 5.43 Å². The first-order valence-corrected chi connectivity index (χ1v) is 6.56. The van der Waals surface area contributed by atoms with Gasteiger partial charge in [-0.25, -0.2) is 5.43 Å². The van der Waals surface area contributed by atoms with Crippen molar-refractivity contribution in [2.45, 2.75) is 0 Å². The van der Waals surface area contributed by atoms with E-state index in [9.17, 15) is 4.79 Å². The summed E-state index contributed by atoms with van der Waals surface area (Å²) >= 11 is 0. The Morgan fingerprint density at radius 2 is 1.50 bits per heavy atom. The highest BCUT2D eigenvalue weighted by Gasteiger charge is 2.07. The van der Waals surface area contributed by atoms with Gasteiger partial charge in [-0.2, -0.15) is 5.10 Å². The number of quaternary nitrogens is 1. The molecule has 0 fully saturated rings. The summed E-state index contributed by atoms with van der Waals surface area (Å²) < 4.78 is 0. The molecule has 0 spiro atoms. The Morgan fingerprint density at radius 3 is 1.95 bits per heavy atom. The summed E-state index contributed by atoms with van der Waals surface area (Å²) in [6.07, 6.45) is 0. The van der Waals surface area contributed by atoms with Gasteiger partial charge in [-0.15, -0.1) is 0 Å². The topological polar surface area (TPSA) is 58.1 Å². The molecule has 20 heavy (non-hydrogen) atoms. The van der Waals surface area contributed by atoms with Crippen LogP contribution < -0.4 is 10.7 Å². The van der Waals surface area contributed by atoms with Crippen molar-refractivity contribution < 1.29 is 10.1 Å². The molecule has 2 rings (SSSR count). The standard InChI is InChI=1S/C16H17N3O/c1-17-12-15(20)18-19-16(13-8-4-2-5-9-13)14-10-6-3-7-11-14/h2-11,17H,12H2,1H3,(H,18,20)/p+1. The first kappa shape index (κ1) is 14.0. The third-order valence-electron chi connectivity index (χ3n) is 2.78. The van der Waals surface area contributed by atoms with Crippen LogP contribution >= 0.6 is 0 Å². The lowest BCUT2D eigenvalue weighted by molar-refractivity contribution is -0.615. The van der Waals surface area contributed by atoms with E-state index in [1.807, 2.05) is 67.7 Å². The van der Waals surface area contributed by atoms with Gasteiger partial charge in [0.25, 0.3) is 5.91 Å². The molecule has 3 N–H and O–H groups in total. The second-order valence-electron chi connectivity index (χ2n) is 4.34. The van der Waals surface area contributed by atoms with Crippen LogP contribution in [0.2, 0.25) is 0 Å². The number of rotatable bonds is 5. The molecule has 1 amide bonds. The normalized spacial score (nSPS) is 9.85. The first-order chi connectivity index (χ1) is 9.81.